The molecular formula is C28H32N6O3. The number of nitrogens with one attached hydrogen (secondary N) is 1. The van der Waals surface area contributed by atoms with Gasteiger partial charge >= 0.3 is 0 Å². The molecule has 0 saturated heterocycles. The summed E-state index contributed by atoms with van der Waals surface area (Å²) in [5, 5.41) is 11.4. The Balaban J connectivity index is 1.74. The molecule has 9 nitrogen and oxygen atoms in total. The molecule has 0 radical (unpaired) electrons. The predicted octanol–water partition coefficient (Wildman–Crippen LogP) is 4.16. The van der Waals surface area contributed by atoms with E-state index in [0.717, 1.165) is 11.9 Å². The molecule has 0 aliphatic heterocycles. The maximum absolute atomic E-state index is 14.0. The molecular weight excluding hydrogens is 468 g/mol. The van der Waals surface area contributed by atoms with Gasteiger partial charge in [-0.15, -0.1) is 5.10 Å². The Morgan fingerprint density at radius 3 is 2.54 bits per heavy atom. The summed E-state index contributed by atoms with van der Waals surface area (Å²) < 4.78 is 7.14. The van der Waals surface area contributed by atoms with Crippen molar-refractivity contribution in [1.29, 1.82) is 0 Å². The fraction of sp³-hybridized carbons (Fsp3) is 0.321. The number of aromatic nitrogens is 4. The van der Waals surface area contributed by atoms with E-state index in [0.29, 0.717) is 41.6 Å². The highest BCUT2D eigenvalue weighted by Crippen LogP contribution is 2.30. The van der Waals surface area contributed by atoms with Crippen LogP contribution >= 0.6 is 0 Å². The first-order valence-corrected chi connectivity index (χ1v) is 12.5. The second kappa shape index (κ2) is 12.1. The average Bonchev–Trinajstić information content (AvgIpc) is 3.31. The van der Waals surface area contributed by atoms with Gasteiger partial charge in [-0.05, 0) is 61.7 Å². The molecule has 2 heterocycles. The lowest BCUT2D eigenvalue weighted by Crippen LogP contribution is -2.45. The monoisotopic (exact) mass is 500 g/mol. The van der Waals surface area contributed by atoms with Crippen molar-refractivity contribution in [2.24, 2.45) is 5.92 Å². The van der Waals surface area contributed by atoms with Gasteiger partial charge in [-0.25, -0.2) is 4.68 Å². The fourth-order valence-corrected chi connectivity index (χ4v) is 4.08. The van der Waals surface area contributed by atoms with E-state index in [1.54, 1.807) is 53.5 Å². The molecule has 2 aromatic heterocycles. The van der Waals surface area contributed by atoms with Crippen molar-refractivity contribution in [2.75, 3.05) is 18.1 Å². The second-order valence-electron chi connectivity index (χ2n) is 9.09. The van der Waals surface area contributed by atoms with E-state index in [4.69, 9.17) is 4.74 Å². The van der Waals surface area contributed by atoms with Crippen molar-refractivity contribution >= 4 is 28.5 Å². The molecule has 1 N–H and O–H groups in total. The molecule has 0 aliphatic rings. The highest BCUT2D eigenvalue weighted by atomic mass is 16.5. The summed E-state index contributed by atoms with van der Waals surface area (Å²) in [6.45, 7) is 7.05. The van der Waals surface area contributed by atoms with Crippen LogP contribution in [-0.4, -0.2) is 44.9 Å². The second-order valence-corrected chi connectivity index (χ2v) is 9.09. The Hall–Kier alpha value is -4.27. The van der Waals surface area contributed by atoms with Gasteiger partial charge in [-0.2, -0.15) is 0 Å². The Kier molecular flexibility index (Phi) is 8.45. The summed E-state index contributed by atoms with van der Waals surface area (Å²) in [5.74, 6) is 0.522. The summed E-state index contributed by atoms with van der Waals surface area (Å²) >= 11 is 0. The summed E-state index contributed by atoms with van der Waals surface area (Å²) in [4.78, 5) is 33.3. The summed E-state index contributed by atoms with van der Waals surface area (Å²) in [6, 6.07) is 17.2. The number of para-hydroxylation sites is 1. The number of carbonyl (C=O) groups is 2. The molecule has 9 heteroatoms. The fourth-order valence-electron chi connectivity index (χ4n) is 4.08. The quantitative estimate of drug-likeness (QED) is 0.332. The zero-order valence-electron chi connectivity index (χ0n) is 21.4. The lowest BCUT2D eigenvalue weighted by molar-refractivity contribution is -0.127. The van der Waals surface area contributed by atoms with Crippen molar-refractivity contribution in [3.8, 4) is 5.75 Å². The smallest absolute Gasteiger partial charge is 0.249 e. The highest BCUT2D eigenvalue weighted by molar-refractivity contribution is 6.01. The molecule has 2 aromatic carbocycles. The molecule has 192 valence electrons. The van der Waals surface area contributed by atoms with Gasteiger partial charge in [0.05, 0.1) is 12.1 Å². The van der Waals surface area contributed by atoms with E-state index in [2.05, 4.69) is 34.5 Å². The third kappa shape index (κ3) is 6.30. The van der Waals surface area contributed by atoms with Crippen LogP contribution in [0.25, 0.3) is 11.0 Å². The van der Waals surface area contributed by atoms with Crippen LogP contribution in [-0.2, 0) is 16.1 Å². The summed E-state index contributed by atoms with van der Waals surface area (Å²) in [5.41, 5.74) is 2.60. The average molecular weight is 501 g/mol. The number of rotatable bonds is 11. The largest absolute Gasteiger partial charge is 0.494 e. The van der Waals surface area contributed by atoms with Crippen molar-refractivity contribution in [1.82, 2.24) is 25.3 Å². The topological polar surface area (TPSA) is 102 Å². The zero-order valence-corrected chi connectivity index (χ0v) is 21.4. The number of pyridine rings is 1. The number of carbonyl (C=O) groups excluding carboxylic acids is 2. The minimum Gasteiger partial charge on any atom is -0.494 e. The molecule has 4 aromatic rings. The van der Waals surface area contributed by atoms with Gasteiger partial charge in [-0.3, -0.25) is 19.5 Å². The Bertz CT molecular complexity index is 1320. The molecule has 0 unspecified atom stereocenters. The molecule has 0 spiro atoms. The van der Waals surface area contributed by atoms with Gasteiger partial charge in [0.25, 0.3) is 0 Å². The third-order valence-electron chi connectivity index (χ3n) is 5.93. The Morgan fingerprint density at radius 2 is 1.84 bits per heavy atom. The van der Waals surface area contributed by atoms with Crippen LogP contribution in [0.1, 0.15) is 38.8 Å². The number of anilines is 1. The van der Waals surface area contributed by atoms with Gasteiger partial charge in [-0.1, -0.05) is 37.3 Å². The molecule has 0 fully saturated rings. The summed E-state index contributed by atoms with van der Waals surface area (Å²) in [7, 11) is 0. The van der Waals surface area contributed by atoms with Crippen molar-refractivity contribution < 1.29 is 14.3 Å². The van der Waals surface area contributed by atoms with E-state index in [9.17, 15) is 9.59 Å². The van der Waals surface area contributed by atoms with Crippen LogP contribution in [0.2, 0.25) is 0 Å². The van der Waals surface area contributed by atoms with E-state index in [1.807, 2.05) is 31.2 Å². The van der Waals surface area contributed by atoms with Crippen LogP contribution in [0.15, 0.2) is 73.1 Å². The van der Waals surface area contributed by atoms with Crippen LogP contribution < -0.4 is 15.0 Å². The normalized spacial score (nSPS) is 11.9. The SMILES string of the molecule is CCOc1ccc(N(C(=O)Cn2nnc3ccccc32)[C@@H](C(=O)NCCC(C)C)c2cccnc2)cc1. The molecule has 0 aliphatic carbocycles. The minimum absolute atomic E-state index is 0.0935. The van der Waals surface area contributed by atoms with Crippen molar-refractivity contribution in [2.45, 2.75) is 39.8 Å². The zero-order chi connectivity index (χ0) is 26.2. The number of nitrogens with zero attached hydrogens (tertiary/aromatic N) is 5. The molecule has 4 rings (SSSR count). The number of amides is 2. The lowest BCUT2D eigenvalue weighted by atomic mass is 10.0. The maximum Gasteiger partial charge on any atom is 0.249 e. The van der Waals surface area contributed by atoms with Crippen LogP contribution in [0.4, 0.5) is 5.69 Å². The highest BCUT2D eigenvalue weighted by Gasteiger charge is 2.33. The first kappa shape index (κ1) is 25.8. The van der Waals surface area contributed by atoms with E-state index >= 15 is 0 Å². The third-order valence-corrected chi connectivity index (χ3v) is 5.93. The Morgan fingerprint density at radius 1 is 1.05 bits per heavy atom. The van der Waals surface area contributed by atoms with Gasteiger partial charge in [0.15, 0.2) is 0 Å². The Labute approximate surface area is 216 Å². The summed E-state index contributed by atoms with van der Waals surface area (Å²) in [6.07, 6.45) is 4.08. The molecule has 37 heavy (non-hydrogen) atoms. The standard InChI is InChI=1S/C28H32N6O3/c1-4-37-23-13-11-22(12-14-23)34(26(35)19-33-25-10-6-5-9-24(25)31-32-33)27(21-8-7-16-29-18-21)28(36)30-17-15-20(2)3/h5-14,16,18,20,27H,4,15,17,19H2,1-3H3,(H,30,36)/t27-/m1/s1. The number of hydrogen-bond donors (Lipinski definition) is 1. The van der Waals surface area contributed by atoms with Gasteiger partial charge in [0.1, 0.15) is 23.9 Å². The minimum atomic E-state index is -0.930. The van der Waals surface area contributed by atoms with Crippen LogP contribution in [0, 0.1) is 5.92 Å². The first-order valence-electron chi connectivity index (χ1n) is 12.5. The maximum atomic E-state index is 14.0. The van der Waals surface area contributed by atoms with Crippen molar-refractivity contribution in [3.63, 3.8) is 0 Å². The van der Waals surface area contributed by atoms with E-state index < -0.39 is 6.04 Å². The van der Waals surface area contributed by atoms with Gasteiger partial charge < -0.3 is 10.1 Å². The number of benzene rings is 2. The van der Waals surface area contributed by atoms with Gasteiger partial charge in [0.2, 0.25) is 11.8 Å². The number of fused-ring (bicyclic) bond motifs is 1. The molecule has 0 bridgehead atoms. The first-order chi connectivity index (χ1) is 18.0. The molecule has 1 atom stereocenters. The van der Waals surface area contributed by atoms with E-state index in [-0.39, 0.29) is 18.4 Å². The van der Waals surface area contributed by atoms with Crippen LogP contribution in [0.3, 0.4) is 0 Å². The molecule has 0 saturated carbocycles. The van der Waals surface area contributed by atoms with Crippen molar-refractivity contribution in [3.05, 3.63) is 78.6 Å². The van der Waals surface area contributed by atoms with Crippen LogP contribution in [0.5, 0.6) is 5.75 Å². The van der Waals surface area contributed by atoms with E-state index in [1.165, 1.54) is 4.90 Å². The number of hydrogen-bond acceptors (Lipinski definition) is 6. The lowest BCUT2D eigenvalue weighted by Gasteiger charge is -2.31. The predicted molar refractivity (Wildman–Crippen MR) is 142 cm³/mol. The molecule has 2 amide bonds. The van der Waals surface area contributed by atoms with Gasteiger partial charge in [0, 0.05) is 30.2 Å². The number of ether oxygens (including phenoxy) is 1.